The lowest BCUT2D eigenvalue weighted by Gasteiger charge is -2.20. The van der Waals surface area contributed by atoms with E-state index < -0.39 is 11.6 Å². The van der Waals surface area contributed by atoms with Crippen molar-refractivity contribution < 1.29 is 24.2 Å². The summed E-state index contributed by atoms with van der Waals surface area (Å²) >= 11 is 0. The van der Waals surface area contributed by atoms with Crippen molar-refractivity contribution in [2.24, 2.45) is 0 Å². The lowest BCUT2D eigenvalue weighted by atomic mass is 10.0. The molecule has 0 saturated carbocycles. The van der Waals surface area contributed by atoms with Crippen LogP contribution in [0.4, 0.5) is 0 Å². The van der Waals surface area contributed by atoms with Crippen molar-refractivity contribution in [3.8, 4) is 0 Å². The fourth-order valence-corrected chi connectivity index (χ4v) is 2.60. The third-order valence-electron chi connectivity index (χ3n) is 3.73. The second-order valence-electron chi connectivity index (χ2n) is 5.34. The van der Waals surface area contributed by atoms with Crippen molar-refractivity contribution in [1.82, 2.24) is 5.32 Å². The van der Waals surface area contributed by atoms with E-state index in [2.05, 4.69) is 5.32 Å². The zero-order valence-corrected chi connectivity index (χ0v) is 11.5. The number of furan rings is 1. The van der Waals surface area contributed by atoms with Gasteiger partial charge in [0.1, 0.15) is 11.2 Å². The van der Waals surface area contributed by atoms with Gasteiger partial charge in [0.05, 0.1) is 6.61 Å². The van der Waals surface area contributed by atoms with Crippen LogP contribution in [0.1, 0.15) is 22.5 Å². The van der Waals surface area contributed by atoms with Crippen molar-refractivity contribution in [2.75, 3.05) is 19.8 Å². The smallest absolute Gasteiger partial charge is 0.372 e. The van der Waals surface area contributed by atoms with Gasteiger partial charge in [-0.3, -0.25) is 0 Å². The lowest BCUT2D eigenvalue weighted by molar-refractivity contribution is 0.0268. The standard InChI is InChI=1S/C15H17NO5/c17-14(18)13-11(10-3-1-2-4-12(10)21-13)7-16-8-15(19)5-6-20-9-15/h1-4,16,19H,5-9H2,(H,17,18). The fourth-order valence-electron chi connectivity index (χ4n) is 2.60. The van der Waals surface area contributed by atoms with Gasteiger partial charge in [0, 0.05) is 37.1 Å². The van der Waals surface area contributed by atoms with E-state index in [0.29, 0.717) is 43.9 Å². The van der Waals surface area contributed by atoms with Crippen molar-refractivity contribution in [1.29, 1.82) is 0 Å². The molecule has 21 heavy (non-hydrogen) atoms. The van der Waals surface area contributed by atoms with Crippen molar-refractivity contribution in [2.45, 2.75) is 18.6 Å². The summed E-state index contributed by atoms with van der Waals surface area (Å²) < 4.78 is 10.6. The number of benzene rings is 1. The van der Waals surface area contributed by atoms with E-state index in [1.165, 1.54) is 0 Å². The maximum atomic E-state index is 11.3. The molecule has 1 unspecified atom stereocenters. The minimum Gasteiger partial charge on any atom is -0.475 e. The number of carboxylic acid groups (broad SMARTS) is 1. The molecule has 1 aliphatic rings. The van der Waals surface area contributed by atoms with Gasteiger partial charge in [-0.2, -0.15) is 0 Å². The number of fused-ring (bicyclic) bond motifs is 1. The molecule has 0 radical (unpaired) electrons. The molecule has 0 aliphatic carbocycles. The number of para-hydroxylation sites is 1. The zero-order chi connectivity index (χ0) is 14.9. The molecule has 6 nitrogen and oxygen atoms in total. The van der Waals surface area contributed by atoms with Gasteiger partial charge in [-0.25, -0.2) is 4.79 Å². The van der Waals surface area contributed by atoms with Gasteiger partial charge in [-0.1, -0.05) is 18.2 Å². The molecular formula is C15H17NO5. The molecule has 1 atom stereocenters. The van der Waals surface area contributed by atoms with Crippen LogP contribution in [-0.2, 0) is 11.3 Å². The van der Waals surface area contributed by atoms with Gasteiger partial charge >= 0.3 is 5.97 Å². The summed E-state index contributed by atoms with van der Waals surface area (Å²) in [5, 5.41) is 23.3. The second-order valence-corrected chi connectivity index (χ2v) is 5.34. The number of rotatable bonds is 5. The topological polar surface area (TPSA) is 91.9 Å². The Hall–Kier alpha value is -1.89. The Morgan fingerprint density at radius 2 is 2.19 bits per heavy atom. The molecule has 3 N–H and O–H groups in total. The summed E-state index contributed by atoms with van der Waals surface area (Å²) in [5.74, 6) is -1.15. The third-order valence-corrected chi connectivity index (χ3v) is 3.73. The van der Waals surface area contributed by atoms with Crippen LogP contribution < -0.4 is 5.32 Å². The highest BCUT2D eigenvalue weighted by Crippen LogP contribution is 2.26. The molecule has 2 aromatic rings. The summed E-state index contributed by atoms with van der Waals surface area (Å²) in [4.78, 5) is 11.3. The Morgan fingerprint density at radius 1 is 1.38 bits per heavy atom. The molecule has 1 aromatic carbocycles. The van der Waals surface area contributed by atoms with Gasteiger partial charge in [-0.15, -0.1) is 0 Å². The van der Waals surface area contributed by atoms with E-state index in [-0.39, 0.29) is 5.76 Å². The van der Waals surface area contributed by atoms with Gasteiger partial charge in [-0.05, 0) is 6.07 Å². The summed E-state index contributed by atoms with van der Waals surface area (Å²) in [5.41, 5.74) is 0.276. The van der Waals surface area contributed by atoms with Gasteiger partial charge in [0.15, 0.2) is 0 Å². The first kappa shape index (κ1) is 14.1. The Morgan fingerprint density at radius 3 is 2.90 bits per heavy atom. The van der Waals surface area contributed by atoms with E-state index in [0.717, 1.165) is 5.39 Å². The number of aromatic carboxylic acids is 1. The average Bonchev–Trinajstić information content (AvgIpc) is 3.04. The fraction of sp³-hybridized carbons (Fsp3) is 0.400. The van der Waals surface area contributed by atoms with Crippen LogP contribution in [0, 0.1) is 0 Å². The maximum Gasteiger partial charge on any atom is 0.372 e. The Labute approximate surface area is 121 Å². The predicted octanol–water partition coefficient (Wildman–Crippen LogP) is 1.37. The zero-order valence-electron chi connectivity index (χ0n) is 11.5. The monoisotopic (exact) mass is 291 g/mol. The van der Waals surface area contributed by atoms with Crippen LogP contribution in [0.25, 0.3) is 11.0 Å². The van der Waals surface area contributed by atoms with Crippen molar-refractivity contribution in [3.63, 3.8) is 0 Å². The summed E-state index contributed by atoms with van der Waals surface area (Å²) in [7, 11) is 0. The van der Waals surface area contributed by atoms with Crippen LogP contribution in [0.3, 0.4) is 0 Å². The van der Waals surface area contributed by atoms with E-state index in [1.54, 1.807) is 12.1 Å². The van der Waals surface area contributed by atoms with E-state index in [1.807, 2.05) is 12.1 Å². The Kier molecular flexibility index (Phi) is 3.67. The number of hydrogen-bond donors (Lipinski definition) is 3. The van der Waals surface area contributed by atoms with Gasteiger partial charge in [0.25, 0.3) is 0 Å². The SMILES string of the molecule is O=C(O)c1oc2ccccc2c1CNCC1(O)CCOC1. The molecule has 1 saturated heterocycles. The minimum absolute atomic E-state index is 0.0571. The molecule has 112 valence electrons. The average molecular weight is 291 g/mol. The number of nitrogens with one attached hydrogen (secondary N) is 1. The highest BCUT2D eigenvalue weighted by molar-refractivity contribution is 5.95. The molecule has 1 fully saturated rings. The van der Waals surface area contributed by atoms with Crippen LogP contribution in [0.2, 0.25) is 0 Å². The molecule has 6 heteroatoms. The Balaban J connectivity index is 1.79. The maximum absolute atomic E-state index is 11.3. The van der Waals surface area contributed by atoms with Crippen molar-refractivity contribution in [3.05, 3.63) is 35.6 Å². The molecule has 1 aliphatic heterocycles. The summed E-state index contributed by atoms with van der Waals surface area (Å²) in [6.07, 6.45) is 0.581. The van der Waals surface area contributed by atoms with E-state index in [4.69, 9.17) is 9.15 Å². The summed E-state index contributed by atoms with van der Waals surface area (Å²) in [6, 6.07) is 7.21. The van der Waals surface area contributed by atoms with Gasteiger partial charge in [0.2, 0.25) is 5.76 Å². The number of aliphatic hydroxyl groups is 1. The van der Waals surface area contributed by atoms with E-state index in [9.17, 15) is 15.0 Å². The molecular weight excluding hydrogens is 274 g/mol. The van der Waals surface area contributed by atoms with Crippen LogP contribution in [-0.4, -0.2) is 41.5 Å². The first-order valence-electron chi connectivity index (χ1n) is 6.84. The Bertz CT molecular complexity index is 657. The van der Waals surface area contributed by atoms with Crippen LogP contribution >= 0.6 is 0 Å². The highest BCUT2D eigenvalue weighted by atomic mass is 16.5. The first-order chi connectivity index (χ1) is 10.1. The van der Waals surface area contributed by atoms with Crippen molar-refractivity contribution >= 4 is 16.9 Å². The molecule has 3 rings (SSSR count). The molecule has 0 amide bonds. The molecule has 0 bridgehead atoms. The molecule has 2 heterocycles. The quantitative estimate of drug-likeness (QED) is 0.770. The molecule has 0 spiro atoms. The molecule has 1 aromatic heterocycles. The summed E-state index contributed by atoms with van der Waals surface area (Å²) in [6.45, 7) is 1.53. The normalized spacial score (nSPS) is 22.0. The van der Waals surface area contributed by atoms with Crippen LogP contribution in [0.5, 0.6) is 0 Å². The second kappa shape index (κ2) is 5.48. The number of hydrogen-bond acceptors (Lipinski definition) is 5. The number of carbonyl (C=O) groups is 1. The van der Waals surface area contributed by atoms with Gasteiger partial charge < -0.3 is 24.7 Å². The largest absolute Gasteiger partial charge is 0.475 e. The third kappa shape index (κ3) is 2.78. The lowest BCUT2D eigenvalue weighted by Crippen LogP contribution is -2.40. The predicted molar refractivity (Wildman–Crippen MR) is 75.3 cm³/mol. The van der Waals surface area contributed by atoms with Crippen LogP contribution in [0.15, 0.2) is 28.7 Å². The number of ether oxygens (including phenoxy) is 1. The van der Waals surface area contributed by atoms with E-state index >= 15 is 0 Å². The number of carboxylic acids is 1. The minimum atomic E-state index is -1.09. The first-order valence-corrected chi connectivity index (χ1v) is 6.84. The highest BCUT2D eigenvalue weighted by Gasteiger charge is 2.32.